The summed E-state index contributed by atoms with van der Waals surface area (Å²) in [4.78, 5) is 9.99. The molecule has 0 aliphatic heterocycles. The zero-order valence-electron chi connectivity index (χ0n) is 7.20. The molecule has 1 aromatic rings. The molecule has 3 heteroatoms. The van der Waals surface area contributed by atoms with Crippen molar-refractivity contribution < 1.29 is 9.53 Å². The van der Waals surface area contributed by atoms with E-state index in [2.05, 4.69) is 15.9 Å². The van der Waals surface area contributed by atoms with Crippen LogP contribution < -0.4 is 0 Å². The van der Waals surface area contributed by atoms with Gasteiger partial charge in [0.1, 0.15) is 6.29 Å². The number of ether oxygens (including phenoxy) is 1. The van der Waals surface area contributed by atoms with Gasteiger partial charge in [0.15, 0.2) is 0 Å². The van der Waals surface area contributed by atoms with Crippen LogP contribution in [0.1, 0.15) is 12.0 Å². The van der Waals surface area contributed by atoms with Gasteiger partial charge in [0.2, 0.25) is 0 Å². The Morgan fingerprint density at radius 2 is 2.15 bits per heavy atom. The summed E-state index contributed by atoms with van der Waals surface area (Å²) < 4.78 is 6.32. The number of hydrogen-bond donors (Lipinski definition) is 0. The maximum absolute atomic E-state index is 9.99. The Morgan fingerprint density at radius 3 is 2.85 bits per heavy atom. The van der Waals surface area contributed by atoms with E-state index in [1.807, 2.05) is 24.3 Å². The Balaban J connectivity index is 2.36. The van der Waals surface area contributed by atoms with E-state index in [-0.39, 0.29) is 0 Å². The third kappa shape index (κ3) is 3.70. The zero-order valence-corrected chi connectivity index (χ0v) is 8.79. The number of halogens is 1. The first-order chi connectivity index (χ1) is 6.34. The molecule has 2 nitrogen and oxygen atoms in total. The Hall–Kier alpha value is -0.670. The van der Waals surface area contributed by atoms with Crippen molar-refractivity contribution >= 4 is 22.2 Å². The van der Waals surface area contributed by atoms with Crippen molar-refractivity contribution in [1.82, 2.24) is 0 Å². The first kappa shape index (κ1) is 10.4. The van der Waals surface area contributed by atoms with E-state index in [4.69, 9.17) is 4.74 Å². The van der Waals surface area contributed by atoms with Crippen molar-refractivity contribution in [3.05, 3.63) is 34.3 Å². The van der Waals surface area contributed by atoms with Crippen LogP contribution >= 0.6 is 15.9 Å². The summed E-state index contributed by atoms with van der Waals surface area (Å²) in [5.74, 6) is 0. The summed E-state index contributed by atoms with van der Waals surface area (Å²) in [5, 5.41) is 0. The minimum atomic E-state index is 0.463. The third-order valence-electron chi connectivity index (χ3n) is 1.60. The van der Waals surface area contributed by atoms with Crippen LogP contribution in [0.25, 0.3) is 0 Å². The van der Waals surface area contributed by atoms with Gasteiger partial charge in [0.05, 0.1) is 13.2 Å². The molecule has 0 saturated carbocycles. The lowest BCUT2D eigenvalue weighted by molar-refractivity contribution is -0.108. The standard InChI is InChI=1S/C10H11BrO2/c11-10-5-2-1-4-9(10)8-13-7-3-6-12/h1-2,4-6H,3,7-8H2. The molecule has 0 heterocycles. The Kier molecular flexibility index (Phi) is 4.72. The molecule has 0 spiro atoms. The van der Waals surface area contributed by atoms with Gasteiger partial charge in [-0.3, -0.25) is 0 Å². The highest BCUT2D eigenvalue weighted by atomic mass is 79.9. The molecule has 13 heavy (non-hydrogen) atoms. The maximum Gasteiger partial charge on any atom is 0.122 e. The smallest absolute Gasteiger partial charge is 0.122 e. The second-order valence-electron chi connectivity index (χ2n) is 2.60. The van der Waals surface area contributed by atoms with Crippen molar-refractivity contribution in [1.29, 1.82) is 0 Å². The van der Waals surface area contributed by atoms with E-state index in [1.165, 1.54) is 0 Å². The average molecular weight is 243 g/mol. The van der Waals surface area contributed by atoms with E-state index >= 15 is 0 Å². The Bertz CT molecular complexity index is 273. The molecule has 0 aliphatic rings. The molecule has 1 aromatic carbocycles. The first-order valence-electron chi connectivity index (χ1n) is 4.09. The number of hydrogen-bond acceptors (Lipinski definition) is 2. The van der Waals surface area contributed by atoms with Crippen LogP contribution in [-0.4, -0.2) is 12.9 Å². The van der Waals surface area contributed by atoms with Crippen LogP contribution in [0.3, 0.4) is 0 Å². The predicted molar refractivity (Wildman–Crippen MR) is 54.5 cm³/mol. The molecule has 1 rings (SSSR count). The third-order valence-corrected chi connectivity index (χ3v) is 2.37. The number of rotatable bonds is 5. The van der Waals surface area contributed by atoms with Gasteiger partial charge in [0, 0.05) is 10.9 Å². The molecule has 0 radical (unpaired) electrons. The summed E-state index contributed by atoms with van der Waals surface area (Å²) in [5.41, 5.74) is 1.10. The van der Waals surface area contributed by atoms with Crippen LogP contribution in [0.15, 0.2) is 28.7 Å². The Labute approximate surface area is 86.0 Å². The summed E-state index contributed by atoms with van der Waals surface area (Å²) in [6, 6.07) is 7.88. The van der Waals surface area contributed by atoms with E-state index in [0.29, 0.717) is 19.6 Å². The van der Waals surface area contributed by atoms with Gasteiger partial charge >= 0.3 is 0 Å². The summed E-state index contributed by atoms with van der Waals surface area (Å²) in [6.07, 6.45) is 1.32. The molecule has 0 amide bonds. The summed E-state index contributed by atoms with van der Waals surface area (Å²) in [6.45, 7) is 1.04. The van der Waals surface area contributed by atoms with Gasteiger partial charge in [-0.15, -0.1) is 0 Å². The summed E-state index contributed by atoms with van der Waals surface area (Å²) >= 11 is 3.42. The second-order valence-corrected chi connectivity index (χ2v) is 3.45. The lowest BCUT2D eigenvalue weighted by atomic mass is 10.2. The minimum Gasteiger partial charge on any atom is -0.376 e. The maximum atomic E-state index is 9.99. The van der Waals surface area contributed by atoms with E-state index in [0.717, 1.165) is 16.3 Å². The Morgan fingerprint density at radius 1 is 1.38 bits per heavy atom. The van der Waals surface area contributed by atoms with Gasteiger partial charge in [-0.05, 0) is 11.6 Å². The molecule has 0 N–H and O–H groups in total. The van der Waals surface area contributed by atoms with Crippen molar-refractivity contribution in [2.75, 3.05) is 6.61 Å². The number of carbonyl (C=O) groups is 1. The van der Waals surface area contributed by atoms with Crippen molar-refractivity contribution in [3.8, 4) is 0 Å². The molecule has 0 unspecified atom stereocenters. The predicted octanol–water partition coefficient (Wildman–Crippen LogP) is 2.55. The molecule has 0 bridgehead atoms. The van der Waals surface area contributed by atoms with Crippen LogP contribution in [0, 0.1) is 0 Å². The number of aldehydes is 1. The van der Waals surface area contributed by atoms with Crippen molar-refractivity contribution in [3.63, 3.8) is 0 Å². The molecule has 70 valence electrons. The van der Waals surface area contributed by atoms with Crippen molar-refractivity contribution in [2.24, 2.45) is 0 Å². The molecular formula is C10H11BrO2. The fourth-order valence-corrected chi connectivity index (χ4v) is 1.33. The normalized spacial score (nSPS) is 9.92. The minimum absolute atomic E-state index is 0.463. The largest absolute Gasteiger partial charge is 0.376 e. The van der Waals surface area contributed by atoms with Crippen molar-refractivity contribution in [2.45, 2.75) is 13.0 Å². The van der Waals surface area contributed by atoms with Gasteiger partial charge in [-0.25, -0.2) is 0 Å². The first-order valence-corrected chi connectivity index (χ1v) is 4.88. The molecule has 0 aliphatic carbocycles. The number of benzene rings is 1. The summed E-state index contributed by atoms with van der Waals surface area (Å²) in [7, 11) is 0. The van der Waals surface area contributed by atoms with Crippen LogP contribution in [0.5, 0.6) is 0 Å². The fourth-order valence-electron chi connectivity index (χ4n) is 0.929. The van der Waals surface area contributed by atoms with Gasteiger partial charge in [0.25, 0.3) is 0 Å². The van der Waals surface area contributed by atoms with Gasteiger partial charge < -0.3 is 9.53 Å². The molecule has 0 fully saturated rings. The fraction of sp³-hybridized carbons (Fsp3) is 0.300. The molecular weight excluding hydrogens is 232 g/mol. The van der Waals surface area contributed by atoms with E-state index < -0.39 is 0 Å². The SMILES string of the molecule is O=CCCOCc1ccccc1Br. The van der Waals surface area contributed by atoms with Crippen LogP contribution in [0.2, 0.25) is 0 Å². The monoisotopic (exact) mass is 242 g/mol. The highest BCUT2D eigenvalue weighted by Gasteiger charge is 1.97. The second kappa shape index (κ2) is 5.89. The van der Waals surface area contributed by atoms with Crippen LogP contribution in [-0.2, 0) is 16.1 Å². The van der Waals surface area contributed by atoms with E-state index in [1.54, 1.807) is 0 Å². The number of carbonyl (C=O) groups excluding carboxylic acids is 1. The highest BCUT2D eigenvalue weighted by molar-refractivity contribution is 9.10. The quantitative estimate of drug-likeness (QED) is 0.586. The average Bonchev–Trinajstić information content (AvgIpc) is 2.15. The van der Waals surface area contributed by atoms with Crippen LogP contribution in [0.4, 0.5) is 0 Å². The topological polar surface area (TPSA) is 26.3 Å². The highest BCUT2D eigenvalue weighted by Crippen LogP contribution is 2.16. The van der Waals surface area contributed by atoms with E-state index in [9.17, 15) is 4.79 Å². The van der Waals surface area contributed by atoms with Gasteiger partial charge in [-0.1, -0.05) is 34.1 Å². The molecule has 0 aromatic heterocycles. The molecule has 0 saturated heterocycles. The lowest BCUT2D eigenvalue weighted by Crippen LogP contribution is -1.96. The zero-order chi connectivity index (χ0) is 9.52. The van der Waals surface area contributed by atoms with Gasteiger partial charge in [-0.2, -0.15) is 0 Å². The lowest BCUT2D eigenvalue weighted by Gasteiger charge is -2.03. The molecule has 0 atom stereocenters.